The number of aromatic nitrogens is 3. The van der Waals surface area contributed by atoms with Crippen molar-refractivity contribution in [3.8, 4) is 28.3 Å². The zero-order valence-corrected chi connectivity index (χ0v) is 24.3. The van der Waals surface area contributed by atoms with E-state index in [0.29, 0.717) is 47.6 Å². The molecule has 0 aliphatic carbocycles. The molecule has 0 unspecified atom stereocenters. The number of aromatic amines is 1. The van der Waals surface area contributed by atoms with E-state index in [1.165, 1.54) is 6.20 Å². The third-order valence-electron chi connectivity index (χ3n) is 7.43. The molecule has 0 spiro atoms. The lowest BCUT2D eigenvalue weighted by Crippen LogP contribution is -2.46. The third kappa shape index (κ3) is 6.07. The number of aliphatic hydroxyl groups is 1. The molecule has 1 aliphatic rings. The van der Waals surface area contributed by atoms with Crippen molar-refractivity contribution in [2.75, 3.05) is 25.6 Å². The fourth-order valence-corrected chi connectivity index (χ4v) is 5.41. The minimum atomic E-state index is -0.559. The second kappa shape index (κ2) is 12.8. The molecule has 11 heteroatoms. The smallest absolute Gasteiger partial charge is 0.277 e. The van der Waals surface area contributed by atoms with E-state index in [4.69, 9.17) is 26.1 Å². The van der Waals surface area contributed by atoms with Crippen LogP contribution in [0.15, 0.2) is 59.5 Å². The number of nitrogens with one attached hydrogen (secondary N) is 3. The van der Waals surface area contributed by atoms with Crippen LogP contribution < -0.4 is 20.9 Å². The summed E-state index contributed by atoms with van der Waals surface area (Å²) < 4.78 is 10.9. The van der Waals surface area contributed by atoms with E-state index in [0.717, 1.165) is 34.2 Å². The highest BCUT2D eigenvalue weighted by atomic mass is 35.5. The maximum absolute atomic E-state index is 13.0. The first-order valence-electron chi connectivity index (χ1n) is 13.6. The fraction of sp³-hybridized carbons (Fsp3) is 0.290. The van der Waals surface area contributed by atoms with E-state index in [-0.39, 0.29) is 11.6 Å². The molecule has 1 aliphatic heterocycles. The van der Waals surface area contributed by atoms with Gasteiger partial charge in [0.2, 0.25) is 5.88 Å². The van der Waals surface area contributed by atoms with Gasteiger partial charge in [-0.2, -0.15) is 5.10 Å². The van der Waals surface area contributed by atoms with Gasteiger partial charge < -0.3 is 25.2 Å². The number of halogens is 1. The van der Waals surface area contributed by atoms with Gasteiger partial charge in [0.05, 0.1) is 36.7 Å². The highest BCUT2D eigenvalue weighted by Gasteiger charge is 2.24. The molecule has 0 saturated carbocycles. The van der Waals surface area contributed by atoms with Gasteiger partial charge in [-0.15, -0.1) is 0 Å². The summed E-state index contributed by atoms with van der Waals surface area (Å²) in [5.74, 6) is -0.0567. The van der Waals surface area contributed by atoms with Crippen LogP contribution >= 0.6 is 11.6 Å². The predicted molar refractivity (Wildman–Crippen MR) is 161 cm³/mol. The van der Waals surface area contributed by atoms with Gasteiger partial charge in [-0.1, -0.05) is 48.0 Å². The largest absolute Gasteiger partial charge is 0.481 e. The molecule has 10 nitrogen and oxygen atoms in total. The maximum atomic E-state index is 13.0. The van der Waals surface area contributed by atoms with Crippen LogP contribution in [0.25, 0.3) is 22.4 Å². The Bertz CT molecular complexity index is 1670. The SMILES string of the molecule is COc1nc(-c2cccc(-c3cccc(NC(=O)c4c(C)cn[nH]c4=O)c3C)c2Cl)ccc1CN[C@@H]1CCOC[C@@H]1O. The summed E-state index contributed by atoms with van der Waals surface area (Å²) in [6.45, 7) is 4.95. The molecule has 4 aromatic rings. The number of pyridine rings is 1. The lowest BCUT2D eigenvalue weighted by molar-refractivity contribution is -0.0281. The molecule has 42 heavy (non-hydrogen) atoms. The molecule has 0 bridgehead atoms. The molecule has 5 rings (SSSR count). The van der Waals surface area contributed by atoms with Crippen LogP contribution in [0.3, 0.4) is 0 Å². The number of carbonyl (C=O) groups is 1. The molecule has 1 amide bonds. The van der Waals surface area contributed by atoms with Crippen molar-refractivity contribution in [2.45, 2.75) is 39.0 Å². The van der Waals surface area contributed by atoms with Crippen LogP contribution in [-0.2, 0) is 11.3 Å². The summed E-state index contributed by atoms with van der Waals surface area (Å²) in [5.41, 5.74) is 5.09. The van der Waals surface area contributed by atoms with Gasteiger partial charge in [-0.25, -0.2) is 10.1 Å². The van der Waals surface area contributed by atoms with Gasteiger partial charge in [0.25, 0.3) is 11.5 Å². The van der Waals surface area contributed by atoms with Crippen molar-refractivity contribution >= 4 is 23.2 Å². The first kappa shape index (κ1) is 29.4. The average molecular weight is 590 g/mol. The number of nitrogens with zero attached hydrogens (tertiary/aromatic N) is 2. The Morgan fingerprint density at radius 1 is 1.14 bits per heavy atom. The quantitative estimate of drug-likeness (QED) is 0.239. The van der Waals surface area contributed by atoms with E-state index in [2.05, 4.69) is 20.8 Å². The molecule has 2 aromatic heterocycles. The van der Waals surface area contributed by atoms with E-state index in [9.17, 15) is 14.7 Å². The average Bonchev–Trinajstić information content (AvgIpc) is 2.98. The van der Waals surface area contributed by atoms with Crippen LogP contribution in [0.2, 0.25) is 5.02 Å². The Labute approximate surface area is 248 Å². The fourth-order valence-electron chi connectivity index (χ4n) is 5.09. The molecular weight excluding hydrogens is 558 g/mol. The molecule has 4 N–H and O–H groups in total. The monoisotopic (exact) mass is 589 g/mol. The Hall–Kier alpha value is -4.09. The van der Waals surface area contributed by atoms with Crippen LogP contribution in [0.1, 0.15) is 33.5 Å². The lowest BCUT2D eigenvalue weighted by atomic mass is 9.96. The molecule has 0 radical (unpaired) electrons. The van der Waals surface area contributed by atoms with Crippen LogP contribution in [0.4, 0.5) is 5.69 Å². The van der Waals surface area contributed by atoms with Crippen molar-refractivity contribution in [1.29, 1.82) is 0 Å². The number of benzene rings is 2. The summed E-state index contributed by atoms with van der Waals surface area (Å²) in [6.07, 6.45) is 1.60. The normalized spacial score (nSPS) is 16.7. The van der Waals surface area contributed by atoms with Gasteiger partial charge in [-0.3, -0.25) is 9.59 Å². The van der Waals surface area contributed by atoms with Gasteiger partial charge in [0.15, 0.2) is 0 Å². The Balaban J connectivity index is 1.42. The Kier molecular flexibility index (Phi) is 8.98. The van der Waals surface area contributed by atoms with E-state index in [1.54, 1.807) is 20.1 Å². The zero-order valence-electron chi connectivity index (χ0n) is 23.5. The summed E-state index contributed by atoms with van der Waals surface area (Å²) in [5, 5.41) is 23.0. The highest BCUT2D eigenvalue weighted by Crippen LogP contribution is 2.39. The summed E-state index contributed by atoms with van der Waals surface area (Å²) in [7, 11) is 1.57. The lowest BCUT2D eigenvalue weighted by Gasteiger charge is -2.28. The van der Waals surface area contributed by atoms with Gasteiger partial charge in [0.1, 0.15) is 5.56 Å². The molecule has 3 heterocycles. The number of carbonyl (C=O) groups excluding carboxylic acids is 1. The first-order chi connectivity index (χ1) is 20.3. The molecule has 2 atom stereocenters. The number of H-pyrrole nitrogens is 1. The van der Waals surface area contributed by atoms with Gasteiger partial charge in [0, 0.05) is 41.6 Å². The standard InChI is InChI=1S/C31H32ClN5O5/c1-17-14-34-37-30(40)27(17)29(39)35-23-9-5-6-20(18(23)2)21-7-4-8-22(28(21)32)24-11-10-19(31(36-24)41-3)15-33-25-12-13-42-16-26(25)38/h4-11,14,25-26,33,38H,12-13,15-16H2,1-3H3,(H,35,39)(H,37,40)/t25-,26+/m1/s1. The number of hydrogen-bond donors (Lipinski definition) is 4. The number of anilines is 1. The second-order valence-corrected chi connectivity index (χ2v) is 10.5. The number of amides is 1. The zero-order chi connectivity index (χ0) is 29.8. The minimum Gasteiger partial charge on any atom is -0.481 e. The maximum Gasteiger partial charge on any atom is 0.277 e. The number of aryl methyl sites for hydroxylation is 1. The molecule has 1 fully saturated rings. The Morgan fingerprint density at radius 2 is 1.90 bits per heavy atom. The first-order valence-corrected chi connectivity index (χ1v) is 13.9. The number of aliphatic hydroxyl groups excluding tert-OH is 1. The van der Waals surface area contributed by atoms with E-state index < -0.39 is 17.6 Å². The van der Waals surface area contributed by atoms with Crippen molar-refractivity contribution < 1.29 is 19.4 Å². The predicted octanol–water partition coefficient (Wildman–Crippen LogP) is 4.27. The summed E-state index contributed by atoms with van der Waals surface area (Å²) in [6, 6.07) is 15.0. The van der Waals surface area contributed by atoms with Crippen LogP contribution in [-0.4, -0.2) is 58.7 Å². The number of methoxy groups -OCH3 is 1. The third-order valence-corrected chi connectivity index (χ3v) is 7.84. The second-order valence-electron chi connectivity index (χ2n) is 10.1. The molecule has 2 aromatic carbocycles. The van der Waals surface area contributed by atoms with Crippen LogP contribution in [0, 0.1) is 13.8 Å². The molecule has 218 valence electrons. The van der Waals surface area contributed by atoms with E-state index >= 15 is 0 Å². The van der Waals surface area contributed by atoms with Gasteiger partial charge >= 0.3 is 0 Å². The van der Waals surface area contributed by atoms with Crippen molar-refractivity contribution in [2.24, 2.45) is 0 Å². The van der Waals surface area contributed by atoms with E-state index in [1.807, 2.05) is 49.4 Å². The van der Waals surface area contributed by atoms with Crippen molar-refractivity contribution in [3.63, 3.8) is 0 Å². The Morgan fingerprint density at radius 3 is 2.67 bits per heavy atom. The van der Waals surface area contributed by atoms with Crippen molar-refractivity contribution in [3.05, 3.63) is 92.4 Å². The summed E-state index contributed by atoms with van der Waals surface area (Å²) >= 11 is 6.99. The van der Waals surface area contributed by atoms with Crippen LogP contribution in [0.5, 0.6) is 5.88 Å². The topological polar surface area (TPSA) is 138 Å². The minimum absolute atomic E-state index is 0.0115. The van der Waals surface area contributed by atoms with Gasteiger partial charge in [-0.05, 0) is 49.1 Å². The number of rotatable bonds is 8. The number of hydrogen-bond acceptors (Lipinski definition) is 8. The molecule has 1 saturated heterocycles. The number of ether oxygens (including phenoxy) is 2. The highest BCUT2D eigenvalue weighted by molar-refractivity contribution is 6.36. The molecular formula is C31H32ClN5O5. The van der Waals surface area contributed by atoms with Crippen molar-refractivity contribution in [1.82, 2.24) is 20.5 Å². The summed E-state index contributed by atoms with van der Waals surface area (Å²) in [4.78, 5) is 29.9.